The summed E-state index contributed by atoms with van der Waals surface area (Å²) in [5.41, 5.74) is 1.02. The maximum Gasteiger partial charge on any atom is 0.246 e. The molecule has 0 heterocycles. The molecule has 110 valence electrons. The van der Waals surface area contributed by atoms with Crippen LogP contribution in [-0.4, -0.2) is 37.0 Å². The molecule has 0 aliphatic rings. The standard InChI is InChI=1S/C15H16FN3O2/c1-3-15(21)19(2)10-14(20)18-13(8-16)12-6-4-11(9-17)5-7-12/h3-7,13H,1,8,10H2,2H3,(H,18,20). The second-order valence-corrected chi connectivity index (χ2v) is 4.41. The van der Waals surface area contributed by atoms with E-state index in [1.54, 1.807) is 24.3 Å². The Kier molecular flexibility index (Phi) is 6.08. The number of benzene rings is 1. The SMILES string of the molecule is C=CC(=O)N(C)CC(=O)NC(CF)c1ccc(C#N)cc1. The van der Waals surface area contributed by atoms with E-state index in [1.165, 1.54) is 11.9 Å². The minimum atomic E-state index is -0.808. The molecule has 1 unspecified atom stereocenters. The van der Waals surface area contributed by atoms with Crippen LogP contribution in [0.4, 0.5) is 4.39 Å². The van der Waals surface area contributed by atoms with Gasteiger partial charge in [-0.15, -0.1) is 0 Å². The number of carbonyl (C=O) groups is 2. The summed E-state index contributed by atoms with van der Waals surface area (Å²) in [6.07, 6.45) is 1.10. The molecule has 0 spiro atoms. The minimum Gasteiger partial charge on any atom is -0.345 e. The predicted molar refractivity (Wildman–Crippen MR) is 75.8 cm³/mol. The van der Waals surface area contributed by atoms with Gasteiger partial charge >= 0.3 is 0 Å². The van der Waals surface area contributed by atoms with Crippen molar-refractivity contribution in [3.8, 4) is 6.07 Å². The van der Waals surface area contributed by atoms with Gasteiger partial charge in [0.2, 0.25) is 11.8 Å². The first-order valence-electron chi connectivity index (χ1n) is 6.24. The lowest BCUT2D eigenvalue weighted by molar-refractivity contribution is -0.131. The molecule has 1 atom stereocenters. The number of amides is 2. The number of nitrogens with zero attached hydrogens (tertiary/aromatic N) is 2. The van der Waals surface area contributed by atoms with Gasteiger partial charge in [-0.1, -0.05) is 18.7 Å². The molecule has 6 heteroatoms. The van der Waals surface area contributed by atoms with Crippen molar-refractivity contribution >= 4 is 11.8 Å². The number of carbonyl (C=O) groups excluding carboxylic acids is 2. The fourth-order valence-corrected chi connectivity index (χ4v) is 1.69. The van der Waals surface area contributed by atoms with E-state index in [1.807, 2.05) is 6.07 Å². The first kappa shape index (κ1) is 16.4. The monoisotopic (exact) mass is 289 g/mol. The molecular weight excluding hydrogens is 273 g/mol. The Hall–Kier alpha value is -2.68. The molecule has 1 aromatic rings. The van der Waals surface area contributed by atoms with Crippen molar-refractivity contribution in [2.24, 2.45) is 0 Å². The van der Waals surface area contributed by atoms with E-state index >= 15 is 0 Å². The molecule has 21 heavy (non-hydrogen) atoms. The Labute approximate surface area is 122 Å². The molecule has 1 rings (SSSR count). The summed E-state index contributed by atoms with van der Waals surface area (Å²) in [4.78, 5) is 24.2. The zero-order valence-corrected chi connectivity index (χ0v) is 11.7. The number of nitriles is 1. The van der Waals surface area contributed by atoms with Crippen LogP contribution < -0.4 is 5.32 Å². The number of likely N-dealkylation sites (N-methyl/N-ethyl adjacent to an activating group) is 1. The molecule has 0 bridgehead atoms. The van der Waals surface area contributed by atoms with Crippen molar-refractivity contribution in [2.45, 2.75) is 6.04 Å². The first-order chi connectivity index (χ1) is 10.0. The van der Waals surface area contributed by atoms with Gasteiger partial charge in [0.15, 0.2) is 0 Å². The predicted octanol–water partition coefficient (Wildman–Crippen LogP) is 1.33. The molecule has 1 N–H and O–H groups in total. The van der Waals surface area contributed by atoms with E-state index < -0.39 is 18.6 Å². The summed E-state index contributed by atoms with van der Waals surface area (Å²) < 4.78 is 13.1. The van der Waals surface area contributed by atoms with Crippen LogP contribution >= 0.6 is 0 Å². The highest BCUT2D eigenvalue weighted by molar-refractivity contribution is 5.90. The molecule has 0 saturated heterocycles. The van der Waals surface area contributed by atoms with Gasteiger partial charge in [-0.05, 0) is 23.8 Å². The van der Waals surface area contributed by atoms with Crippen molar-refractivity contribution in [1.29, 1.82) is 5.26 Å². The van der Waals surface area contributed by atoms with Crippen LogP contribution in [0.5, 0.6) is 0 Å². The molecule has 0 radical (unpaired) electrons. The fourth-order valence-electron chi connectivity index (χ4n) is 1.69. The van der Waals surface area contributed by atoms with E-state index in [4.69, 9.17) is 5.26 Å². The summed E-state index contributed by atoms with van der Waals surface area (Å²) in [7, 11) is 1.45. The molecule has 5 nitrogen and oxygen atoms in total. The Morgan fingerprint density at radius 3 is 2.57 bits per heavy atom. The van der Waals surface area contributed by atoms with Gasteiger partial charge in [0, 0.05) is 7.05 Å². The molecule has 0 saturated carbocycles. The summed E-state index contributed by atoms with van der Waals surface area (Å²) in [6, 6.07) is 7.43. The number of halogens is 1. The van der Waals surface area contributed by atoms with Gasteiger partial charge < -0.3 is 10.2 Å². The molecular formula is C15H16FN3O2. The summed E-state index contributed by atoms with van der Waals surface area (Å²) in [6.45, 7) is 2.36. The van der Waals surface area contributed by atoms with Gasteiger partial charge in [-0.25, -0.2) is 4.39 Å². The molecule has 0 aliphatic heterocycles. The van der Waals surface area contributed by atoms with Crippen molar-refractivity contribution in [1.82, 2.24) is 10.2 Å². The van der Waals surface area contributed by atoms with Gasteiger partial charge in [0.25, 0.3) is 0 Å². The zero-order chi connectivity index (χ0) is 15.8. The lowest BCUT2D eigenvalue weighted by Gasteiger charge is -2.19. The van der Waals surface area contributed by atoms with Crippen LogP contribution in [0.1, 0.15) is 17.2 Å². The second-order valence-electron chi connectivity index (χ2n) is 4.41. The Bertz CT molecular complexity index is 563. The molecule has 0 fully saturated rings. The Balaban J connectivity index is 2.68. The summed E-state index contributed by atoms with van der Waals surface area (Å²) in [5, 5.41) is 11.2. The topological polar surface area (TPSA) is 73.2 Å². The quantitative estimate of drug-likeness (QED) is 0.803. The largest absolute Gasteiger partial charge is 0.345 e. The maximum absolute atomic E-state index is 13.1. The van der Waals surface area contributed by atoms with Crippen LogP contribution in [-0.2, 0) is 9.59 Å². The van der Waals surface area contributed by atoms with Crippen LogP contribution in [0.25, 0.3) is 0 Å². The average Bonchev–Trinajstić information content (AvgIpc) is 2.51. The molecule has 1 aromatic carbocycles. The van der Waals surface area contributed by atoms with Crippen molar-refractivity contribution in [3.63, 3.8) is 0 Å². The minimum absolute atomic E-state index is 0.183. The maximum atomic E-state index is 13.1. The molecule has 0 aromatic heterocycles. The number of rotatable bonds is 6. The molecule has 0 aliphatic carbocycles. The van der Waals surface area contributed by atoms with E-state index in [9.17, 15) is 14.0 Å². The number of alkyl halides is 1. The number of hydrogen-bond acceptors (Lipinski definition) is 3. The Morgan fingerprint density at radius 2 is 2.10 bits per heavy atom. The van der Waals surface area contributed by atoms with E-state index in [0.717, 1.165) is 6.08 Å². The summed E-state index contributed by atoms with van der Waals surface area (Å²) in [5.74, 6) is -0.861. The smallest absolute Gasteiger partial charge is 0.246 e. The van der Waals surface area contributed by atoms with Crippen LogP contribution in [0.3, 0.4) is 0 Å². The van der Waals surface area contributed by atoms with Crippen LogP contribution in [0, 0.1) is 11.3 Å². The van der Waals surface area contributed by atoms with Crippen molar-refractivity contribution < 1.29 is 14.0 Å². The Morgan fingerprint density at radius 1 is 1.48 bits per heavy atom. The third-order valence-corrected chi connectivity index (χ3v) is 2.86. The van der Waals surface area contributed by atoms with Gasteiger partial charge in [-0.3, -0.25) is 9.59 Å². The zero-order valence-electron chi connectivity index (χ0n) is 11.7. The lowest BCUT2D eigenvalue weighted by atomic mass is 10.1. The van der Waals surface area contributed by atoms with Crippen molar-refractivity contribution in [3.05, 3.63) is 48.0 Å². The summed E-state index contributed by atoms with van der Waals surface area (Å²) >= 11 is 0. The highest BCUT2D eigenvalue weighted by Gasteiger charge is 2.16. The van der Waals surface area contributed by atoms with E-state index in [2.05, 4.69) is 11.9 Å². The average molecular weight is 289 g/mol. The first-order valence-corrected chi connectivity index (χ1v) is 6.24. The van der Waals surface area contributed by atoms with Gasteiger partial charge in [0.05, 0.1) is 24.2 Å². The van der Waals surface area contributed by atoms with E-state index in [-0.39, 0.29) is 12.5 Å². The molecule has 2 amide bonds. The fraction of sp³-hybridized carbons (Fsp3) is 0.267. The highest BCUT2D eigenvalue weighted by Crippen LogP contribution is 2.14. The van der Waals surface area contributed by atoms with Crippen molar-refractivity contribution in [2.75, 3.05) is 20.3 Å². The third-order valence-electron chi connectivity index (χ3n) is 2.86. The van der Waals surface area contributed by atoms with Gasteiger partial charge in [0.1, 0.15) is 6.67 Å². The highest BCUT2D eigenvalue weighted by atomic mass is 19.1. The van der Waals surface area contributed by atoms with Crippen LogP contribution in [0.15, 0.2) is 36.9 Å². The number of nitrogens with one attached hydrogen (secondary N) is 1. The second kappa shape index (κ2) is 7.80. The van der Waals surface area contributed by atoms with Crippen LogP contribution in [0.2, 0.25) is 0 Å². The van der Waals surface area contributed by atoms with Gasteiger partial charge in [-0.2, -0.15) is 5.26 Å². The lowest BCUT2D eigenvalue weighted by Crippen LogP contribution is -2.39. The third kappa shape index (κ3) is 4.73. The van der Waals surface area contributed by atoms with E-state index in [0.29, 0.717) is 11.1 Å². The normalized spacial score (nSPS) is 11.1. The number of hydrogen-bond donors (Lipinski definition) is 1.